The third-order valence-corrected chi connectivity index (χ3v) is 14.7. The summed E-state index contributed by atoms with van der Waals surface area (Å²) in [5, 5.41) is 0. The summed E-state index contributed by atoms with van der Waals surface area (Å²) < 4.78 is 34.6. The summed E-state index contributed by atoms with van der Waals surface area (Å²) in [6.45, 7) is 4.46. The fraction of sp³-hybridized carbons (Fsp3) is 0.902. The van der Waals surface area contributed by atoms with E-state index in [-0.39, 0.29) is 25.6 Å². The molecular formula is C61H119NO8P+. The van der Waals surface area contributed by atoms with Crippen molar-refractivity contribution in [1.29, 1.82) is 0 Å². The Bertz CT molecular complexity index is 1250. The molecule has 71 heavy (non-hydrogen) atoms. The molecule has 9 nitrogen and oxygen atoms in total. The van der Waals surface area contributed by atoms with Gasteiger partial charge in [0.1, 0.15) is 19.8 Å². The zero-order chi connectivity index (χ0) is 52.0. The molecule has 0 amide bonds. The van der Waals surface area contributed by atoms with E-state index < -0.39 is 26.5 Å². The fourth-order valence-corrected chi connectivity index (χ4v) is 9.73. The summed E-state index contributed by atoms with van der Waals surface area (Å²) in [6, 6.07) is 0. The number of phosphoric acid groups is 1. The van der Waals surface area contributed by atoms with Crippen LogP contribution in [0.1, 0.15) is 303 Å². The Balaban J connectivity index is 4.05. The van der Waals surface area contributed by atoms with Gasteiger partial charge in [0.25, 0.3) is 0 Å². The topological polar surface area (TPSA) is 108 Å². The second-order valence-electron chi connectivity index (χ2n) is 22.1. The number of hydrogen-bond donors (Lipinski definition) is 1. The molecule has 0 aromatic carbocycles. The molecule has 0 saturated carbocycles. The molecule has 0 aromatic rings. The maximum atomic E-state index is 12.8. The summed E-state index contributed by atoms with van der Waals surface area (Å²) in [5.41, 5.74) is 0. The Labute approximate surface area is 440 Å². The summed E-state index contributed by atoms with van der Waals surface area (Å²) >= 11 is 0. The standard InChI is InChI=1S/C61H118NO8P/c1-6-8-10-12-14-16-18-20-22-24-26-27-28-29-30-31-32-33-34-36-37-39-41-43-45-47-49-51-53-60(63)67-57-59(58-69-71(65,66)68-56-55-62(3,4)5)70-61(64)54-52-50-48-46-44-42-40-38-35-25-23-21-19-17-15-13-11-9-7-2/h15,17,21,23,59H,6-14,16,18-20,22,24-58H2,1-5H3/p+1/b17-15-,23-21-. The van der Waals surface area contributed by atoms with Crippen LogP contribution >= 0.6 is 7.82 Å². The Kier molecular flexibility index (Phi) is 52.2. The molecule has 1 N–H and O–H groups in total. The number of ether oxygens (including phenoxy) is 2. The third kappa shape index (κ3) is 57.6. The molecule has 0 aromatic heterocycles. The van der Waals surface area contributed by atoms with Gasteiger partial charge in [-0.25, -0.2) is 4.57 Å². The van der Waals surface area contributed by atoms with Gasteiger partial charge >= 0.3 is 19.8 Å². The van der Waals surface area contributed by atoms with Crippen molar-refractivity contribution in [2.45, 2.75) is 309 Å². The van der Waals surface area contributed by atoms with Crippen molar-refractivity contribution < 1.29 is 42.1 Å². The lowest BCUT2D eigenvalue weighted by Crippen LogP contribution is -2.37. The quantitative estimate of drug-likeness (QED) is 0.0211. The minimum atomic E-state index is -4.38. The predicted molar refractivity (Wildman–Crippen MR) is 303 cm³/mol. The highest BCUT2D eigenvalue weighted by Gasteiger charge is 2.27. The monoisotopic (exact) mass is 1020 g/mol. The number of allylic oxidation sites excluding steroid dienone is 4. The largest absolute Gasteiger partial charge is 0.472 e. The molecule has 10 heteroatoms. The molecule has 2 atom stereocenters. The highest BCUT2D eigenvalue weighted by molar-refractivity contribution is 7.47. The highest BCUT2D eigenvalue weighted by atomic mass is 31.2. The average Bonchev–Trinajstić information content (AvgIpc) is 3.33. The van der Waals surface area contributed by atoms with Crippen molar-refractivity contribution in [1.82, 2.24) is 0 Å². The van der Waals surface area contributed by atoms with Crippen LogP contribution in [-0.2, 0) is 32.7 Å². The number of rotatable bonds is 57. The van der Waals surface area contributed by atoms with E-state index in [1.165, 1.54) is 225 Å². The van der Waals surface area contributed by atoms with Crippen LogP contribution in [0.5, 0.6) is 0 Å². The zero-order valence-corrected chi connectivity index (χ0v) is 48.6. The van der Waals surface area contributed by atoms with Gasteiger partial charge in [0.05, 0.1) is 27.7 Å². The van der Waals surface area contributed by atoms with Crippen LogP contribution in [-0.4, -0.2) is 74.9 Å². The van der Waals surface area contributed by atoms with Gasteiger partial charge < -0.3 is 18.9 Å². The molecule has 0 saturated heterocycles. The molecule has 0 bridgehead atoms. The Morgan fingerprint density at radius 2 is 0.761 bits per heavy atom. The molecule has 0 rings (SSSR count). The fourth-order valence-electron chi connectivity index (χ4n) is 8.99. The van der Waals surface area contributed by atoms with Gasteiger partial charge in [-0.1, -0.05) is 269 Å². The van der Waals surface area contributed by atoms with Crippen molar-refractivity contribution in [3.63, 3.8) is 0 Å². The smallest absolute Gasteiger partial charge is 0.462 e. The molecule has 0 aliphatic heterocycles. The highest BCUT2D eigenvalue weighted by Crippen LogP contribution is 2.43. The molecule has 0 aliphatic rings. The molecule has 0 aliphatic carbocycles. The minimum absolute atomic E-state index is 0.0333. The number of likely N-dealkylation sites (N-methyl/N-ethyl adjacent to an activating group) is 1. The lowest BCUT2D eigenvalue weighted by molar-refractivity contribution is -0.870. The number of carbonyl (C=O) groups is 2. The molecule has 420 valence electrons. The molecule has 0 fully saturated rings. The van der Waals surface area contributed by atoms with Crippen LogP contribution in [0, 0.1) is 0 Å². The van der Waals surface area contributed by atoms with Crippen LogP contribution < -0.4 is 0 Å². The lowest BCUT2D eigenvalue weighted by Gasteiger charge is -2.24. The summed E-state index contributed by atoms with van der Waals surface area (Å²) in [4.78, 5) is 35.7. The van der Waals surface area contributed by atoms with E-state index in [0.717, 1.165) is 44.9 Å². The van der Waals surface area contributed by atoms with Gasteiger partial charge in [-0.05, 0) is 44.9 Å². The van der Waals surface area contributed by atoms with Gasteiger partial charge in [0.15, 0.2) is 6.10 Å². The first-order chi connectivity index (χ1) is 34.5. The van der Waals surface area contributed by atoms with E-state index in [2.05, 4.69) is 38.2 Å². The van der Waals surface area contributed by atoms with Crippen molar-refractivity contribution >= 4 is 19.8 Å². The van der Waals surface area contributed by atoms with Crippen molar-refractivity contribution in [3.05, 3.63) is 24.3 Å². The number of hydrogen-bond acceptors (Lipinski definition) is 7. The van der Waals surface area contributed by atoms with Gasteiger partial charge in [-0.2, -0.15) is 0 Å². The molecule has 0 spiro atoms. The maximum Gasteiger partial charge on any atom is 0.472 e. The number of phosphoric ester groups is 1. The summed E-state index contributed by atoms with van der Waals surface area (Å²) in [7, 11) is 1.49. The van der Waals surface area contributed by atoms with Crippen molar-refractivity contribution in [2.75, 3.05) is 47.5 Å². The van der Waals surface area contributed by atoms with Crippen LogP contribution in [0.4, 0.5) is 0 Å². The average molecular weight is 1030 g/mol. The molecule has 0 heterocycles. The number of unbranched alkanes of at least 4 members (excludes halogenated alkanes) is 39. The molecule has 2 unspecified atom stereocenters. The van der Waals surface area contributed by atoms with E-state index in [4.69, 9.17) is 18.5 Å². The summed E-state index contributed by atoms with van der Waals surface area (Å²) in [6.07, 6.45) is 64.0. The lowest BCUT2D eigenvalue weighted by atomic mass is 10.0. The van der Waals surface area contributed by atoms with Gasteiger partial charge in [0.2, 0.25) is 0 Å². The van der Waals surface area contributed by atoms with Crippen molar-refractivity contribution in [2.24, 2.45) is 0 Å². The van der Waals surface area contributed by atoms with E-state index in [9.17, 15) is 19.0 Å². The van der Waals surface area contributed by atoms with E-state index in [0.29, 0.717) is 23.9 Å². The number of carbonyl (C=O) groups excluding carboxylic acids is 2. The number of quaternary nitrogens is 1. The normalized spacial score (nSPS) is 13.4. The number of nitrogens with zero attached hydrogens (tertiary/aromatic N) is 1. The first-order valence-corrected chi connectivity index (χ1v) is 32.1. The SMILES string of the molecule is CCCCC/C=C\C/C=C\CCCCCCCCCCCC(=O)OC(COC(=O)CCCCCCCCCCCCCCCCCCCCCCCCCCCCCC)COP(=O)(O)OCC[N+](C)(C)C. The first kappa shape index (κ1) is 69.5. The Morgan fingerprint density at radius 1 is 0.437 bits per heavy atom. The second kappa shape index (κ2) is 53.3. The van der Waals surface area contributed by atoms with Crippen LogP contribution in [0.2, 0.25) is 0 Å². The Hall–Kier alpha value is -1.51. The molecule has 0 radical (unpaired) electrons. The van der Waals surface area contributed by atoms with Crippen molar-refractivity contribution in [3.8, 4) is 0 Å². The van der Waals surface area contributed by atoms with Gasteiger partial charge in [0, 0.05) is 12.8 Å². The van der Waals surface area contributed by atoms with Crippen LogP contribution in [0.15, 0.2) is 24.3 Å². The summed E-state index contributed by atoms with van der Waals surface area (Å²) in [5.74, 6) is -0.785. The first-order valence-electron chi connectivity index (χ1n) is 30.6. The van der Waals surface area contributed by atoms with Crippen LogP contribution in [0.25, 0.3) is 0 Å². The predicted octanol–water partition coefficient (Wildman–Crippen LogP) is 19.0. The second-order valence-corrected chi connectivity index (χ2v) is 23.6. The van der Waals surface area contributed by atoms with Gasteiger partial charge in [-0.15, -0.1) is 0 Å². The van der Waals surface area contributed by atoms with Crippen LogP contribution in [0.3, 0.4) is 0 Å². The minimum Gasteiger partial charge on any atom is -0.462 e. The van der Waals surface area contributed by atoms with E-state index in [1.54, 1.807) is 0 Å². The van der Waals surface area contributed by atoms with Gasteiger partial charge in [-0.3, -0.25) is 18.6 Å². The molecular weight excluding hydrogens is 906 g/mol. The van der Waals surface area contributed by atoms with E-state index in [1.807, 2.05) is 21.1 Å². The Morgan fingerprint density at radius 3 is 1.14 bits per heavy atom. The third-order valence-electron chi connectivity index (χ3n) is 13.7. The van der Waals surface area contributed by atoms with E-state index >= 15 is 0 Å². The zero-order valence-electron chi connectivity index (χ0n) is 47.7. The number of esters is 2. The maximum absolute atomic E-state index is 12.8.